The molecule has 0 saturated carbocycles. The van der Waals surface area contributed by atoms with Crippen LogP contribution in [0.4, 0.5) is 0 Å². The summed E-state index contributed by atoms with van der Waals surface area (Å²) in [6.07, 6.45) is 3.32. The van der Waals surface area contributed by atoms with Crippen LogP contribution >= 0.6 is 11.6 Å². The third-order valence-corrected chi connectivity index (χ3v) is 2.30. The fraction of sp³-hybridized carbons (Fsp3) is 0.500. The van der Waals surface area contributed by atoms with E-state index in [0.717, 1.165) is 5.69 Å². The van der Waals surface area contributed by atoms with Crippen molar-refractivity contribution in [3.05, 3.63) is 18.4 Å². The second-order valence-corrected chi connectivity index (χ2v) is 3.67. The van der Waals surface area contributed by atoms with E-state index in [1.54, 1.807) is 4.90 Å². The zero-order valence-corrected chi connectivity index (χ0v) is 7.70. The fourth-order valence-corrected chi connectivity index (χ4v) is 1.69. The molecule has 13 heavy (non-hydrogen) atoms. The van der Waals surface area contributed by atoms with Crippen LogP contribution in [-0.4, -0.2) is 27.7 Å². The van der Waals surface area contributed by atoms with E-state index < -0.39 is 0 Å². The van der Waals surface area contributed by atoms with Gasteiger partial charge in [0.15, 0.2) is 6.39 Å². The Kier molecular flexibility index (Phi) is 2.22. The molecule has 0 bridgehead atoms. The lowest BCUT2D eigenvalue weighted by molar-refractivity contribution is -0.128. The first-order valence-corrected chi connectivity index (χ1v) is 4.48. The van der Waals surface area contributed by atoms with E-state index in [4.69, 9.17) is 16.0 Å². The maximum atomic E-state index is 11.3. The van der Waals surface area contributed by atoms with Gasteiger partial charge in [-0.2, -0.15) is 0 Å². The Morgan fingerprint density at radius 3 is 3.15 bits per heavy atom. The highest BCUT2D eigenvalue weighted by Crippen LogP contribution is 2.17. The summed E-state index contributed by atoms with van der Waals surface area (Å²) in [6.45, 7) is 1.10. The first-order valence-electron chi connectivity index (χ1n) is 4.04. The maximum Gasteiger partial charge on any atom is 0.224 e. The molecule has 2 heterocycles. The molecular formula is C8H9ClN2O2. The average Bonchev–Trinajstić information content (AvgIpc) is 2.63. The van der Waals surface area contributed by atoms with Crippen molar-refractivity contribution in [2.75, 3.05) is 6.54 Å². The van der Waals surface area contributed by atoms with Gasteiger partial charge in [0.2, 0.25) is 5.91 Å². The molecule has 1 unspecified atom stereocenters. The summed E-state index contributed by atoms with van der Waals surface area (Å²) in [5.74, 6) is 0.0861. The molecule has 0 N–H and O–H groups in total. The van der Waals surface area contributed by atoms with Crippen LogP contribution in [0.3, 0.4) is 0 Å². The van der Waals surface area contributed by atoms with E-state index in [0.29, 0.717) is 19.5 Å². The van der Waals surface area contributed by atoms with Crippen LogP contribution in [0.25, 0.3) is 0 Å². The highest BCUT2D eigenvalue weighted by Gasteiger charge is 2.28. The Labute approximate surface area is 80.5 Å². The summed E-state index contributed by atoms with van der Waals surface area (Å²) >= 11 is 5.84. The van der Waals surface area contributed by atoms with Crippen LogP contribution in [0.2, 0.25) is 0 Å². The minimum absolute atomic E-state index is 0.0561. The molecule has 0 spiro atoms. The van der Waals surface area contributed by atoms with Crippen molar-refractivity contribution >= 4 is 17.5 Å². The molecule has 0 aliphatic carbocycles. The van der Waals surface area contributed by atoms with Gasteiger partial charge < -0.3 is 9.32 Å². The Morgan fingerprint density at radius 1 is 1.77 bits per heavy atom. The number of halogens is 1. The van der Waals surface area contributed by atoms with Crippen LogP contribution in [0.1, 0.15) is 12.1 Å². The van der Waals surface area contributed by atoms with Gasteiger partial charge in [0.05, 0.1) is 17.6 Å². The van der Waals surface area contributed by atoms with Crippen LogP contribution < -0.4 is 0 Å². The molecule has 1 aromatic heterocycles. The van der Waals surface area contributed by atoms with E-state index in [-0.39, 0.29) is 11.3 Å². The van der Waals surface area contributed by atoms with Gasteiger partial charge in [-0.15, -0.1) is 11.6 Å². The van der Waals surface area contributed by atoms with E-state index in [1.165, 1.54) is 12.7 Å². The standard InChI is InChI=1S/C8H9ClN2O2/c9-6-1-8(12)11(2-6)3-7-4-13-5-10-7/h4-6H,1-3H2. The highest BCUT2D eigenvalue weighted by molar-refractivity contribution is 6.22. The number of nitrogens with zero attached hydrogens (tertiary/aromatic N) is 2. The quantitative estimate of drug-likeness (QED) is 0.670. The number of hydrogen-bond donors (Lipinski definition) is 0. The van der Waals surface area contributed by atoms with E-state index in [9.17, 15) is 4.79 Å². The Balaban J connectivity index is 1.99. The van der Waals surface area contributed by atoms with Gasteiger partial charge in [-0.05, 0) is 0 Å². The molecule has 1 aliphatic rings. The highest BCUT2D eigenvalue weighted by atomic mass is 35.5. The topological polar surface area (TPSA) is 46.3 Å². The van der Waals surface area contributed by atoms with Crippen molar-refractivity contribution in [2.24, 2.45) is 0 Å². The summed E-state index contributed by atoms with van der Waals surface area (Å²) in [5, 5.41) is -0.0561. The van der Waals surface area contributed by atoms with Gasteiger partial charge in [0.1, 0.15) is 6.26 Å². The Hall–Kier alpha value is -1.03. The van der Waals surface area contributed by atoms with Crippen molar-refractivity contribution in [3.8, 4) is 0 Å². The van der Waals surface area contributed by atoms with Gasteiger partial charge in [0.25, 0.3) is 0 Å². The minimum Gasteiger partial charge on any atom is -0.451 e. The molecule has 1 atom stereocenters. The molecule has 1 aliphatic heterocycles. The summed E-state index contributed by atoms with van der Waals surface area (Å²) in [5.41, 5.74) is 0.763. The van der Waals surface area contributed by atoms with Crippen LogP contribution in [0.5, 0.6) is 0 Å². The number of likely N-dealkylation sites (tertiary alicyclic amines) is 1. The largest absolute Gasteiger partial charge is 0.451 e. The van der Waals surface area contributed by atoms with Gasteiger partial charge in [-0.3, -0.25) is 4.79 Å². The van der Waals surface area contributed by atoms with Gasteiger partial charge >= 0.3 is 0 Å². The maximum absolute atomic E-state index is 11.3. The molecular weight excluding hydrogens is 192 g/mol. The molecule has 1 saturated heterocycles. The molecule has 4 nitrogen and oxygen atoms in total. The monoisotopic (exact) mass is 200 g/mol. The Morgan fingerprint density at radius 2 is 2.62 bits per heavy atom. The van der Waals surface area contributed by atoms with Crippen molar-refractivity contribution in [2.45, 2.75) is 18.3 Å². The third kappa shape index (κ3) is 1.83. The second kappa shape index (κ2) is 3.38. The molecule has 1 amide bonds. The number of carbonyl (C=O) groups is 1. The molecule has 1 fully saturated rings. The predicted molar refractivity (Wildman–Crippen MR) is 46.2 cm³/mol. The van der Waals surface area contributed by atoms with E-state index >= 15 is 0 Å². The first-order chi connectivity index (χ1) is 6.25. The zero-order chi connectivity index (χ0) is 9.26. The smallest absolute Gasteiger partial charge is 0.224 e. The average molecular weight is 201 g/mol. The molecule has 5 heteroatoms. The van der Waals surface area contributed by atoms with Gasteiger partial charge in [0, 0.05) is 13.0 Å². The van der Waals surface area contributed by atoms with Gasteiger partial charge in [-0.25, -0.2) is 4.98 Å². The van der Waals surface area contributed by atoms with Crippen molar-refractivity contribution < 1.29 is 9.21 Å². The van der Waals surface area contributed by atoms with Crippen molar-refractivity contribution in [1.82, 2.24) is 9.88 Å². The summed E-state index contributed by atoms with van der Waals surface area (Å²) in [6, 6.07) is 0. The lowest BCUT2D eigenvalue weighted by atomic mass is 10.4. The zero-order valence-electron chi connectivity index (χ0n) is 6.94. The second-order valence-electron chi connectivity index (χ2n) is 3.06. The Bertz CT molecular complexity index is 299. The van der Waals surface area contributed by atoms with Gasteiger partial charge in [-0.1, -0.05) is 0 Å². The predicted octanol–water partition coefficient (Wildman–Crippen LogP) is 1.01. The van der Waals surface area contributed by atoms with Crippen LogP contribution in [-0.2, 0) is 11.3 Å². The normalized spacial score (nSPS) is 22.7. The molecule has 0 radical (unpaired) electrons. The lowest BCUT2D eigenvalue weighted by Crippen LogP contribution is -2.24. The van der Waals surface area contributed by atoms with E-state index in [1.807, 2.05) is 0 Å². The van der Waals surface area contributed by atoms with Crippen molar-refractivity contribution in [3.63, 3.8) is 0 Å². The van der Waals surface area contributed by atoms with Crippen molar-refractivity contribution in [1.29, 1.82) is 0 Å². The molecule has 70 valence electrons. The lowest BCUT2D eigenvalue weighted by Gasteiger charge is -2.12. The number of amides is 1. The fourth-order valence-electron chi connectivity index (χ4n) is 1.39. The number of oxazole rings is 1. The molecule has 1 aromatic rings. The van der Waals surface area contributed by atoms with Crippen LogP contribution in [0, 0.1) is 0 Å². The number of alkyl halides is 1. The summed E-state index contributed by atoms with van der Waals surface area (Å²) in [7, 11) is 0. The summed E-state index contributed by atoms with van der Waals surface area (Å²) < 4.78 is 4.80. The first kappa shape index (κ1) is 8.56. The molecule has 0 aromatic carbocycles. The number of rotatable bonds is 2. The number of carbonyl (C=O) groups excluding carboxylic acids is 1. The minimum atomic E-state index is -0.0561. The van der Waals surface area contributed by atoms with E-state index in [2.05, 4.69) is 4.98 Å². The third-order valence-electron chi connectivity index (χ3n) is 2.00. The summed E-state index contributed by atoms with van der Waals surface area (Å²) in [4.78, 5) is 16.9. The SMILES string of the molecule is O=C1CC(Cl)CN1Cc1cocn1. The number of hydrogen-bond acceptors (Lipinski definition) is 3. The molecule has 2 rings (SSSR count). The number of aromatic nitrogens is 1. The van der Waals surface area contributed by atoms with Crippen LogP contribution in [0.15, 0.2) is 17.1 Å².